The zero-order valence-electron chi connectivity index (χ0n) is 11.0. The fraction of sp³-hybridized carbons (Fsp3) is 0.615. The highest BCUT2D eigenvalue weighted by Gasteiger charge is 2.25. The van der Waals surface area contributed by atoms with Crippen LogP contribution in [0.1, 0.15) is 52.0 Å². The van der Waals surface area contributed by atoms with Gasteiger partial charge in [0, 0.05) is 4.88 Å². The van der Waals surface area contributed by atoms with Gasteiger partial charge >= 0.3 is 0 Å². The van der Waals surface area contributed by atoms with Crippen molar-refractivity contribution in [2.24, 2.45) is 0 Å². The molecule has 2 nitrogen and oxygen atoms in total. The third-order valence-electron chi connectivity index (χ3n) is 2.47. The summed E-state index contributed by atoms with van der Waals surface area (Å²) in [5.74, 6) is 0. The molecular formula is C13H21NOS. The number of amides is 1. The topological polar surface area (TPSA) is 29.1 Å². The summed E-state index contributed by atoms with van der Waals surface area (Å²) in [6.45, 7) is 13.1. The molecule has 0 aliphatic heterocycles. The highest BCUT2D eigenvalue weighted by Crippen LogP contribution is 2.41. The van der Waals surface area contributed by atoms with E-state index in [1.54, 1.807) is 11.3 Å². The molecule has 0 saturated heterocycles. The number of thiophene rings is 1. The van der Waals surface area contributed by atoms with Gasteiger partial charge in [-0.3, -0.25) is 4.79 Å². The molecule has 0 radical (unpaired) electrons. The average molecular weight is 239 g/mol. The van der Waals surface area contributed by atoms with Gasteiger partial charge in [-0.05, 0) is 22.5 Å². The molecule has 0 saturated carbocycles. The van der Waals surface area contributed by atoms with E-state index in [-0.39, 0.29) is 10.8 Å². The molecule has 0 unspecified atom stereocenters. The number of hydrogen-bond donors (Lipinski definition) is 1. The van der Waals surface area contributed by atoms with Crippen LogP contribution >= 0.6 is 11.3 Å². The first kappa shape index (κ1) is 13.2. The zero-order chi connectivity index (χ0) is 12.6. The van der Waals surface area contributed by atoms with Crippen LogP contribution in [0.2, 0.25) is 0 Å². The van der Waals surface area contributed by atoms with Gasteiger partial charge in [-0.1, -0.05) is 41.5 Å². The van der Waals surface area contributed by atoms with E-state index in [0.717, 1.165) is 11.4 Å². The summed E-state index contributed by atoms with van der Waals surface area (Å²) in [7, 11) is 0. The Balaban J connectivity index is 3.26. The summed E-state index contributed by atoms with van der Waals surface area (Å²) in [6.07, 6.45) is 0.757. The lowest BCUT2D eigenvalue weighted by atomic mass is 9.86. The molecular weight excluding hydrogens is 218 g/mol. The maximum atomic E-state index is 10.6. The Kier molecular flexibility index (Phi) is 3.48. The van der Waals surface area contributed by atoms with Crippen LogP contribution in [0.5, 0.6) is 0 Å². The Morgan fingerprint density at radius 2 is 1.69 bits per heavy atom. The van der Waals surface area contributed by atoms with Crippen molar-refractivity contribution < 1.29 is 4.79 Å². The molecule has 90 valence electrons. The quantitative estimate of drug-likeness (QED) is 0.779. The molecule has 1 aromatic heterocycles. The number of anilines is 1. The number of nitrogens with one attached hydrogen (secondary N) is 1. The first-order chi connectivity index (χ1) is 7.16. The number of hydrogen-bond acceptors (Lipinski definition) is 2. The molecule has 16 heavy (non-hydrogen) atoms. The fourth-order valence-electron chi connectivity index (χ4n) is 1.48. The molecule has 3 heteroatoms. The summed E-state index contributed by atoms with van der Waals surface area (Å²) in [4.78, 5) is 11.9. The summed E-state index contributed by atoms with van der Waals surface area (Å²) < 4.78 is 0. The van der Waals surface area contributed by atoms with Crippen molar-refractivity contribution in [1.29, 1.82) is 0 Å². The first-order valence-electron chi connectivity index (χ1n) is 5.51. The third-order valence-corrected chi connectivity index (χ3v) is 3.96. The number of carbonyl (C=O) groups excluding carboxylic acids is 1. The van der Waals surface area contributed by atoms with E-state index in [4.69, 9.17) is 0 Å². The smallest absolute Gasteiger partial charge is 0.212 e. The van der Waals surface area contributed by atoms with E-state index in [1.165, 1.54) is 10.4 Å². The van der Waals surface area contributed by atoms with Crippen LogP contribution < -0.4 is 5.32 Å². The summed E-state index contributed by atoms with van der Waals surface area (Å²) in [6, 6.07) is 2.22. The second-order valence-electron chi connectivity index (χ2n) is 6.12. The van der Waals surface area contributed by atoms with Crippen molar-refractivity contribution in [2.75, 3.05) is 5.32 Å². The standard InChI is InChI=1S/C13H21NOS/c1-12(2,3)9-7-10(13(4,5)6)16-11(9)14-8-15/h7-8H,1-6H3,(H,14,15). The molecule has 1 heterocycles. The van der Waals surface area contributed by atoms with Crippen LogP contribution in [-0.2, 0) is 15.6 Å². The molecule has 0 spiro atoms. The Labute approximate surface area is 102 Å². The highest BCUT2D eigenvalue weighted by atomic mass is 32.1. The number of rotatable bonds is 2. The molecule has 0 aromatic carbocycles. The van der Waals surface area contributed by atoms with E-state index in [9.17, 15) is 4.79 Å². The van der Waals surface area contributed by atoms with Crippen molar-refractivity contribution in [3.05, 3.63) is 16.5 Å². The van der Waals surface area contributed by atoms with Gasteiger partial charge in [0.2, 0.25) is 6.41 Å². The monoisotopic (exact) mass is 239 g/mol. The molecule has 0 aliphatic carbocycles. The van der Waals surface area contributed by atoms with Crippen molar-refractivity contribution >= 4 is 22.7 Å². The highest BCUT2D eigenvalue weighted by molar-refractivity contribution is 7.16. The van der Waals surface area contributed by atoms with Crippen molar-refractivity contribution in [2.45, 2.75) is 52.4 Å². The minimum atomic E-state index is 0.0609. The lowest BCUT2D eigenvalue weighted by Gasteiger charge is -2.19. The van der Waals surface area contributed by atoms with Crippen LogP contribution in [-0.4, -0.2) is 6.41 Å². The third kappa shape index (κ3) is 2.85. The minimum Gasteiger partial charge on any atom is -0.320 e. The van der Waals surface area contributed by atoms with E-state index >= 15 is 0 Å². The van der Waals surface area contributed by atoms with Crippen LogP contribution in [0.4, 0.5) is 5.00 Å². The van der Waals surface area contributed by atoms with Crippen LogP contribution in [0.25, 0.3) is 0 Å². The maximum Gasteiger partial charge on any atom is 0.212 e. The van der Waals surface area contributed by atoms with Crippen molar-refractivity contribution in [3.63, 3.8) is 0 Å². The van der Waals surface area contributed by atoms with Gasteiger partial charge in [0.05, 0.1) is 5.00 Å². The van der Waals surface area contributed by atoms with Gasteiger partial charge < -0.3 is 5.32 Å². The minimum absolute atomic E-state index is 0.0609. The molecule has 1 rings (SSSR count). The normalized spacial score (nSPS) is 12.6. The molecule has 0 aliphatic rings. The van der Waals surface area contributed by atoms with Crippen LogP contribution in [0, 0.1) is 0 Å². The second-order valence-corrected chi connectivity index (χ2v) is 7.17. The van der Waals surface area contributed by atoms with Gasteiger partial charge in [0.1, 0.15) is 0 Å². The van der Waals surface area contributed by atoms with Gasteiger partial charge in [-0.15, -0.1) is 11.3 Å². The van der Waals surface area contributed by atoms with Crippen molar-refractivity contribution in [1.82, 2.24) is 0 Å². The SMILES string of the molecule is CC(C)(C)c1cc(C(C)(C)C)c(NC=O)s1. The molecule has 0 atom stereocenters. The summed E-state index contributed by atoms with van der Waals surface area (Å²) in [5, 5.41) is 3.79. The van der Waals surface area contributed by atoms with Crippen LogP contribution in [0.15, 0.2) is 6.07 Å². The average Bonchev–Trinajstić information content (AvgIpc) is 2.46. The summed E-state index contributed by atoms with van der Waals surface area (Å²) in [5.41, 5.74) is 1.41. The Bertz CT molecular complexity index is 380. The Hall–Kier alpha value is -0.830. The van der Waals surface area contributed by atoms with Gasteiger partial charge in [0.25, 0.3) is 0 Å². The predicted octanol–water partition coefficient (Wildman–Crippen LogP) is 3.91. The molecule has 0 fully saturated rings. The molecule has 1 amide bonds. The van der Waals surface area contributed by atoms with Crippen LogP contribution in [0.3, 0.4) is 0 Å². The van der Waals surface area contributed by atoms with E-state index in [1.807, 2.05) is 0 Å². The lowest BCUT2D eigenvalue weighted by molar-refractivity contribution is -0.105. The van der Waals surface area contributed by atoms with Gasteiger partial charge in [-0.2, -0.15) is 0 Å². The molecule has 1 aromatic rings. The largest absolute Gasteiger partial charge is 0.320 e. The Morgan fingerprint density at radius 1 is 1.12 bits per heavy atom. The fourth-order valence-corrected chi connectivity index (χ4v) is 2.76. The van der Waals surface area contributed by atoms with E-state index in [0.29, 0.717) is 0 Å². The zero-order valence-corrected chi connectivity index (χ0v) is 11.8. The predicted molar refractivity (Wildman–Crippen MR) is 71.4 cm³/mol. The van der Waals surface area contributed by atoms with Gasteiger partial charge in [0.15, 0.2) is 0 Å². The first-order valence-corrected chi connectivity index (χ1v) is 6.33. The van der Waals surface area contributed by atoms with E-state index < -0.39 is 0 Å². The maximum absolute atomic E-state index is 10.6. The molecule has 1 N–H and O–H groups in total. The second kappa shape index (κ2) is 4.21. The summed E-state index contributed by atoms with van der Waals surface area (Å²) >= 11 is 1.68. The Morgan fingerprint density at radius 3 is 2.06 bits per heavy atom. The van der Waals surface area contributed by atoms with Gasteiger partial charge in [-0.25, -0.2) is 0 Å². The molecule has 0 bridgehead atoms. The number of carbonyl (C=O) groups is 1. The van der Waals surface area contributed by atoms with Crippen molar-refractivity contribution in [3.8, 4) is 0 Å². The van der Waals surface area contributed by atoms with E-state index in [2.05, 4.69) is 52.9 Å². The lowest BCUT2D eigenvalue weighted by Crippen LogP contribution is -2.13.